The maximum Gasteiger partial charge on any atom is 0.226 e. The molecule has 2 heterocycles. The van der Waals surface area contributed by atoms with E-state index < -0.39 is 0 Å². The SMILES string of the molecule is Cc1ccc(-c2nc(Cc3cc4cc(Br)ccc4o3)c(C)o2)cc1. The van der Waals surface area contributed by atoms with Gasteiger partial charge in [0.2, 0.25) is 5.89 Å². The first kappa shape index (κ1) is 15.2. The number of rotatable bonds is 3. The predicted octanol–water partition coefficient (Wildman–Crippen LogP) is 6.06. The summed E-state index contributed by atoms with van der Waals surface area (Å²) in [6, 6.07) is 16.2. The Bertz CT molecular complexity index is 1010. The highest BCUT2D eigenvalue weighted by Gasteiger charge is 2.14. The first-order valence-electron chi connectivity index (χ1n) is 7.80. The summed E-state index contributed by atoms with van der Waals surface area (Å²) in [5, 5.41) is 1.08. The monoisotopic (exact) mass is 381 g/mol. The minimum atomic E-state index is 0.619. The van der Waals surface area contributed by atoms with Crippen molar-refractivity contribution < 1.29 is 8.83 Å². The number of aromatic nitrogens is 1. The molecule has 4 aromatic rings. The Labute approximate surface area is 148 Å². The molecule has 4 heteroatoms. The van der Waals surface area contributed by atoms with Crippen molar-refractivity contribution in [3.63, 3.8) is 0 Å². The van der Waals surface area contributed by atoms with E-state index in [-0.39, 0.29) is 0 Å². The number of hydrogen-bond donors (Lipinski definition) is 0. The normalized spacial score (nSPS) is 11.3. The molecule has 2 aromatic heterocycles. The molecule has 0 spiro atoms. The highest BCUT2D eigenvalue weighted by Crippen LogP contribution is 2.27. The van der Waals surface area contributed by atoms with Crippen LogP contribution in [0, 0.1) is 13.8 Å². The van der Waals surface area contributed by atoms with E-state index in [2.05, 4.69) is 52.1 Å². The van der Waals surface area contributed by atoms with Crippen LogP contribution in [0.15, 0.2) is 61.8 Å². The Kier molecular flexibility index (Phi) is 3.77. The van der Waals surface area contributed by atoms with Gasteiger partial charge < -0.3 is 8.83 Å². The summed E-state index contributed by atoms with van der Waals surface area (Å²) < 4.78 is 12.8. The fourth-order valence-corrected chi connectivity index (χ4v) is 3.11. The summed E-state index contributed by atoms with van der Waals surface area (Å²) in [5.74, 6) is 2.36. The van der Waals surface area contributed by atoms with Crippen LogP contribution in [0.25, 0.3) is 22.4 Å². The smallest absolute Gasteiger partial charge is 0.226 e. The second-order valence-electron chi connectivity index (χ2n) is 5.96. The van der Waals surface area contributed by atoms with Crippen molar-refractivity contribution in [1.82, 2.24) is 4.98 Å². The Morgan fingerprint density at radius 2 is 1.75 bits per heavy atom. The first-order valence-corrected chi connectivity index (χ1v) is 8.59. The van der Waals surface area contributed by atoms with Crippen molar-refractivity contribution in [2.24, 2.45) is 0 Å². The van der Waals surface area contributed by atoms with E-state index in [1.165, 1.54) is 5.56 Å². The van der Waals surface area contributed by atoms with Gasteiger partial charge in [-0.25, -0.2) is 4.98 Å². The summed E-state index contributed by atoms with van der Waals surface area (Å²) in [6.07, 6.45) is 0.619. The summed E-state index contributed by atoms with van der Waals surface area (Å²) in [4.78, 5) is 4.66. The van der Waals surface area contributed by atoms with E-state index in [0.717, 1.165) is 38.2 Å². The molecule has 0 N–H and O–H groups in total. The van der Waals surface area contributed by atoms with Gasteiger partial charge >= 0.3 is 0 Å². The number of benzene rings is 2. The van der Waals surface area contributed by atoms with E-state index >= 15 is 0 Å². The van der Waals surface area contributed by atoms with Gasteiger partial charge in [-0.1, -0.05) is 33.6 Å². The summed E-state index contributed by atoms with van der Waals surface area (Å²) in [6.45, 7) is 4.01. The largest absolute Gasteiger partial charge is 0.461 e. The number of aryl methyl sites for hydroxylation is 2. The summed E-state index contributed by atoms with van der Waals surface area (Å²) in [5.41, 5.74) is 4.00. The van der Waals surface area contributed by atoms with E-state index in [0.29, 0.717) is 12.3 Å². The average molecular weight is 382 g/mol. The van der Waals surface area contributed by atoms with E-state index in [1.807, 2.05) is 31.2 Å². The lowest BCUT2D eigenvalue weighted by molar-refractivity contribution is 0.533. The highest BCUT2D eigenvalue weighted by molar-refractivity contribution is 9.10. The van der Waals surface area contributed by atoms with Crippen LogP contribution < -0.4 is 0 Å². The van der Waals surface area contributed by atoms with Crippen LogP contribution in [0.3, 0.4) is 0 Å². The molecule has 0 aliphatic rings. The van der Waals surface area contributed by atoms with Crippen LogP contribution in [0.4, 0.5) is 0 Å². The lowest BCUT2D eigenvalue weighted by atomic mass is 10.1. The molecule has 2 aromatic carbocycles. The molecule has 0 aliphatic heterocycles. The van der Waals surface area contributed by atoms with Crippen LogP contribution in [0.5, 0.6) is 0 Å². The average Bonchev–Trinajstić information content (AvgIpc) is 3.11. The third kappa shape index (κ3) is 2.89. The zero-order chi connectivity index (χ0) is 16.7. The van der Waals surface area contributed by atoms with Crippen molar-refractivity contribution in [2.75, 3.05) is 0 Å². The van der Waals surface area contributed by atoms with Gasteiger partial charge in [0.1, 0.15) is 17.1 Å². The molecule has 3 nitrogen and oxygen atoms in total. The van der Waals surface area contributed by atoms with Gasteiger partial charge in [-0.2, -0.15) is 0 Å². The van der Waals surface area contributed by atoms with Gasteiger partial charge in [0.15, 0.2) is 0 Å². The molecular weight excluding hydrogens is 366 g/mol. The number of nitrogens with zero attached hydrogens (tertiary/aromatic N) is 1. The molecule has 0 saturated carbocycles. The molecule has 0 aliphatic carbocycles. The lowest BCUT2D eigenvalue weighted by Crippen LogP contribution is -1.88. The molecule has 0 saturated heterocycles. The highest BCUT2D eigenvalue weighted by atomic mass is 79.9. The second kappa shape index (κ2) is 5.95. The zero-order valence-electron chi connectivity index (χ0n) is 13.5. The van der Waals surface area contributed by atoms with Crippen LogP contribution in [0.2, 0.25) is 0 Å². The molecule has 4 rings (SSSR count). The number of hydrogen-bond acceptors (Lipinski definition) is 3. The molecule has 0 amide bonds. The predicted molar refractivity (Wildman–Crippen MR) is 98.1 cm³/mol. The maximum absolute atomic E-state index is 5.91. The Balaban J connectivity index is 1.65. The third-order valence-electron chi connectivity index (χ3n) is 4.06. The van der Waals surface area contributed by atoms with Gasteiger partial charge in [0.05, 0.1) is 12.1 Å². The minimum absolute atomic E-state index is 0.619. The van der Waals surface area contributed by atoms with Crippen molar-refractivity contribution in [3.05, 3.63) is 75.8 Å². The van der Waals surface area contributed by atoms with Crippen LogP contribution in [-0.2, 0) is 6.42 Å². The zero-order valence-corrected chi connectivity index (χ0v) is 15.1. The van der Waals surface area contributed by atoms with Gasteiger partial charge in [-0.3, -0.25) is 0 Å². The van der Waals surface area contributed by atoms with E-state index in [9.17, 15) is 0 Å². The molecule has 0 unspecified atom stereocenters. The molecule has 24 heavy (non-hydrogen) atoms. The van der Waals surface area contributed by atoms with E-state index in [1.54, 1.807) is 0 Å². The van der Waals surface area contributed by atoms with Crippen molar-refractivity contribution in [3.8, 4) is 11.5 Å². The Morgan fingerprint density at radius 3 is 2.54 bits per heavy atom. The van der Waals surface area contributed by atoms with Gasteiger partial charge in [-0.05, 0) is 50.2 Å². The number of fused-ring (bicyclic) bond motifs is 1. The van der Waals surface area contributed by atoms with Crippen molar-refractivity contribution in [2.45, 2.75) is 20.3 Å². The topological polar surface area (TPSA) is 39.2 Å². The third-order valence-corrected chi connectivity index (χ3v) is 4.56. The molecular formula is C20H16BrNO2. The van der Waals surface area contributed by atoms with Gasteiger partial charge in [0.25, 0.3) is 0 Å². The Morgan fingerprint density at radius 1 is 0.958 bits per heavy atom. The number of oxazole rings is 1. The number of halogens is 1. The summed E-state index contributed by atoms with van der Waals surface area (Å²) in [7, 11) is 0. The fraction of sp³-hybridized carbons (Fsp3) is 0.150. The van der Waals surface area contributed by atoms with Crippen molar-refractivity contribution in [1.29, 1.82) is 0 Å². The minimum Gasteiger partial charge on any atom is -0.461 e. The second-order valence-corrected chi connectivity index (χ2v) is 6.88. The Hall–Kier alpha value is -2.33. The fourth-order valence-electron chi connectivity index (χ4n) is 2.73. The molecule has 0 atom stereocenters. The standard InChI is InChI=1S/C20H16BrNO2/c1-12-3-5-14(6-4-12)20-22-18(13(2)23-20)11-17-10-15-9-16(21)7-8-19(15)24-17/h3-10H,11H2,1-2H3. The van der Waals surface area contributed by atoms with Crippen molar-refractivity contribution >= 4 is 26.9 Å². The molecule has 0 radical (unpaired) electrons. The molecule has 0 fully saturated rings. The van der Waals surface area contributed by atoms with E-state index in [4.69, 9.17) is 8.83 Å². The van der Waals surface area contributed by atoms with Crippen LogP contribution in [0.1, 0.15) is 22.8 Å². The number of furan rings is 1. The lowest BCUT2D eigenvalue weighted by Gasteiger charge is -1.95. The quantitative estimate of drug-likeness (QED) is 0.433. The first-order chi connectivity index (χ1) is 11.6. The van der Waals surface area contributed by atoms with Gasteiger partial charge in [0, 0.05) is 15.4 Å². The molecule has 0 bridgehead atoms. The van der Waals surface area contributed by atoms with Crippen LogP contribution >= 0.6 is 15.9 Å². The summed E-state index contributed by atoms with van der Waals surface area (Å²) >= 11 is 3.49. The van der Waals surface area contributed by atoms with Gasteiger partial charge in [-0.15, -0.1) is 0 Å². The maximum atomic E-state index is 5.91. The molecule has 120 valence electrons. The van der Waals surface area contributed by atoms with Crippen LogP contribution in [-0.4, -0.2) is 4.98 Å².